The molecular formula is C11H15N3O3. The number of nitrogens with zero attached hydrogens (tertiary/aromatic N) is 3. The lowest BCUT2D eigenvalue weighted by Gasteiger charge is -2.25. The standard InChI is InChI=1S/C11H15N3O3/c15-10(16)8-14-7-4-9(12-14)11(17)13-5-2-1-3-6-13/h4,7H,1-3,5-6,8H2,(H,15,16). The molecule has 0 radical (unpaired) electrons. The zero-order chi connectivity index (χ0) is 12.3. The molecule has 0 unspecified atom stereocenters. The monoisotopic (exact) mass is 237 g/mol. The van der Waals surface area contributed by atoms with Crippen molar-refractivity contribution in [1.29, 1.82) is 0 Å². The van der Waals surface area contributed by atoms with Crippen LogP contribution < -0.4 is 0 Å². The maximum Gasteiger partial charge on any atom is 0.325 e. The maximum absolute atomic E-state index is 12.0. The second-order valence-corrected chi connectivity index (χ2v) is 4.15. The van der Waals surface area contributed by atoms with Crippen LogP contribution in [0.5, 0.6) is 0 Å². The molecule has 1 aromatic heterocycles. The van der Waals surface area contributed by atoms with Crippen LogP contribution in [0.1, 0.15) is 29.8 Å². The summed E-state index contributed by atoms with van der Waals surface area (Å²) in [7, 11) is 0. The first-order valence-corrected chi connectivity index (χ1v) is 5.71. The third kappa shape index (κ3) is 2.83. The predicted molar refractivity (Wildman–Crippen MR) is 59.6 cm³/mol. The average Bonchev–Trinajstić information content (AvgIpc) is 2.77. The Morgan fingerprint density at radius 3 is 2.65 bits per heavy atom. The van der Waals surface area contributed by atoms with Crippen molar-refractivity contribution in [2.75, 3.05) is 13.1 Å². The zero-order valence-electron chi connectivity index (χ0n) is 9.50. The van der Waals surface area contributed by atoms with E-state index in [9.17, 15) is 9.59 Å². The Hall–Kier alpha value is -1.85. The summed E-state index contributed by atoms with van der Waals surface area (Å²) in [5, 5.41) is 12.6. The molecule has 6 heteroatoms. The second kappa shape index (κ2) is 4.99. The molecule has 2 rings (SSSR count). The molecule has 2 heterocycles. The number of hydrogen-bond donors (Lipinski definition) is 1. The highest BCUT2D eigenvalue weighted by molar-refractivity contribution is 5.92. The van der Waals surface area contributed by atoms with Crippen LogP contribution in [0.3, 0.4) is 0 Å². The van der Waals surface area contributed by atoms with Crippen molar-refractivity contribution in [3.63, 3.8) is 0 Å². The van der Waals surface area contributed by atoms with Crippen LogP contribution in [0, 0.1) is 0 Å². The largest absolute Gasteiger partial charge is 0.480 e. The van der Waals surface area contributed by atoms with Crippen molar-refractivity contribution in [3.8, 4) is 0 Å². The lowest BCUT2D eigenvalue weighted by Crippen LogP contribution is -2.35. The molecule has 17 heavy (non-hydrogen) atoms. The number of hydrogen-bond acceptors (Lipinski definition) is 3. The number of piperidine rings is 1. The fraction of sp³-hybridized carbons (Fsp3) is 0.545. The molecule has 1 saturated heterocycles. The molecule has 0 spiro atoms. The van der Waals surface area contributed by atoms with Gasteiger partial charge in [-0.2, -0.15) is 5.10 Å². The quantitative estimate of drug-likeness (QED) is 0.835. The van der Waals surface area contributed by atoms with E-state index in [-0.39, 0.29) is 12.5 Å². The van der Waals surface area contributed by atoms with Crippen LogP contribution in [0.4, 0.5) is 0 Å². The Balaban J connectivity index is 2.03. The molecule has 1 aliphatic rings. The summed E-state index contributed by atoms with van der Waals surface area (Å²) in [6.07, 6.45) is 4.74. The van der Waals surface area contributed by atoms with E-state index in [2.05, 4.69) is 5.10 Å². The summed E-state index contributed by atoms with van der Waals surface area (Å²) >= 11 is 0. The molecule has 0 atom stereocenters. The first-order chi connectivity index (χ1) is 8.16. The van der Waals surface area contributed by atoms with E-state index >= 15 is 0 Å². The van der Waals surface area contributed by atoms with Gasteiger partial charge in [-0.15, -0.1) is 0 Å². The van der Waals surface area contributed by atoms with Crippen LogP contribution in [0.15, 0.2) is 12.3 Å². The summed E-state index contributed by atoms with van der Waals surface area (Å²) < 4.78 is 1.26. The highest BCUT2D eigenvalue weighted by atomic mass is 16.4. The van der Waals surface area contributed by atoms with E-state index in [0.29, 0.717) is 5.69 Å². The van der Waals surface area contributed by atoms with Gasteiger partial charge in [-0.3, -0.25) is 14.3 Å². The van der Waals surface area contributed by atoms with Gasteiger partial charge in [-0.25, -0.2) is 0 Å². The van der Waals surface area contributed by atoms with Gasteiger partial charge in [0.05, 0.1) is 0 Å². The van der Waals surface area contributed by atoms with Crippen LogP contribution in [0.2, 0.25) is 0 Å². The number of amides is 1. The SMILES string of the molecule is O=C(O)Cn1ccc(C(=O)N2CCCCC2)n1. The molecule has 1 aliphatic heterocycles. The van der Waals surface area contributed by atoms with E-state index in [0.717, 1.165) is 32.4 Å². The molecule has 0 aromatic carbocycles. The number of likely N-dealkylation sites (tertiary alicyclic amines) is 1. The lowest BCUT2D eigenvalue weighted by atomic mass is 10.1. The molecule has 0 bridgehead atoms. The van der Waals surface area contributed by atoms with Crippen LogP contribution in [-0.4, -0.2) is 44.8 Å². The molecular weight excluding hydrogens is 222 g/mol. The zero-order valence-corrected chi connectivity index (χ0v) is 9.50. The topological polar surface area (TPSA) is 75.4 Å². The van der Waals surface area contributed by atoms with Crippen LogP contribution >= 0.6 is 0 Å². The van der Waals surface area contributed by atoms with Gasteiger partial charge in [0, 0.05) is 19.3 Å². The van der Waals surface area contributed by atoms with E-state index < -0.39 is 5.97 Å². The van der Waals surface area contributed by atoms with Gasteiger partial charge in [-0.1, -0.05) is 0 Å². The fourth-order valence-electron chi connectivity index (χ4n) is 1.96. The van der Waals surface area contributed by atoms with Gasteiger partial charge in [0.1, 0.15) is 12.2 Å². The van der Waals surface area contributed by atoms with E-state index in [4.69, 9.17) is 5.11 Å². The molecule has 92 valence electrons. The van der Waals surface area contributed by atoms with Gasteiger partial charge in [0.25, 0.3) is 5.91 Å². The van der Waals surface area contributed by atoms with Crippen molar-refractivity contribution in [1.82, 2.24) is 14.7 Å². The first kappa shape index (κ1) is 11.6. The second-order valence-electron chi connectivity index (χ2n) is 4.15. The Labute approximate surface area is 98.8 Å². The smallest absolute Gasteiger partial charge is 0.325 e. The summed E-state index contributed by atoms with van der Waals surface area (Å²) in [4.78, 5) is 24.3. The van der Waals surface area contributed by atoms with E-state index in [1.807, 2.05) is 0 Å². The third-order valence-electron chi connectivity index (χ3n) is 2.80. The third-order valence-corrected chi connectivity index (χ3v) is 2.80. The Morgan fingerprint density at radius 2 is 2.00 bits per heavy atom. The maximum atomic E-state index is 12.0. The number of aliphatic carboxylic acids is 1. The highest BCUT2D eigenvalue weighted by Crippen LogP contribution is 2.11. The Morgan fingerprint density at radius 1 is 1.29 bits per heavy atom. The van der Waals surface area contributed by atoms with Gasteiger partial charge in [0.2, 0.25) is 0 Å². The molecule has 0 saturated carbocycles. The average molecular weight is 237 g/mol. The minimum Gasteiger partial charge on any atom is -0.480 e. The number of carboxylic acids is 1. The van der Waals surface area contributed by atoms with Crippen molar-refractivity contribution >= 4 is 11.9 Å². The molecule has 1 fully saturated rings. The highest BCUT2D eigenvalue weighted by Gasteiger charge is 2.20. The van der Waals surface area contributed by atoms with E-state index in [1.165, 1.54) is 10.9 Å². The van der Waals surface area contributed by atoms with Crippen LogP contribution in [-0.2, 0) is 11.3 Å². The van der Waals surface area contributed by atoms with Gasteiger partial charge < -0.3 is 10.0 Å². The predicted octanol–water partition coefficient (Wildman–Crippen LogP) is 0.594. The minimum absolute atomic E-state index is 0.103. The first-order valence-electron chi connectivity index (χ1n) is 5.71. The number of aromatic nitrogens is 2. The fourth-order valence-corrected chi connectivity index (χ4v) is 1.96. The van der Waals surface area contributed by atoms with Crippen molar-refractivity contribution in [2.24, 2.45) is 0 Å². The van der Waals surface area contributed by atoms with Crippen LogP contribution in [0.25, 0.3) is 0 Å². The summed E-state index contributed by atoms with van der Waals surface area (Å²) in [5.74, 6) is -1.07. The van der Waals surface area contributed by atoms with Gasteiger partial charge >= 0.3 is 5.97 Å². The van der Waals surface area contributed by atoms with Crippen molar-refractivity contribution in [2.45, 2.75) is 25.8 Å². The minimum atomic E-state index is -0.968. The number of carbonyl (C=O) groups is 2. The molecule has 0 aliphatic carbocycles. The molecule has 1 amide bonds. The molecule has 1 aromatic rings. The number of carbonyl (C=O) groups excluding carboxylic acids is 1. The number of carboxylic acid groups (broad SMARTS) is 1. The Kier molecular flexibility index (Phi) is 3.41. The van der Waals surface area contributed by atoms with Gasteiger partial charge in [0.15, 0.2) is 0 Å². The normalized spacial score (nSPS) is 15.9. The molecule has 6 nitrogen and oxygen atoms in total. The van der Waals surface area contributed by atoms with Crippen molar-refractivity contribution < 1.29 is 14.7 Å². The number of rotatable bonds is 3. The van der Waals surface area contributed by atoms with Gasteiger partial charge in [-0.05, 0) is 25.3 Å². The van der Waals surface area contributed by atoms with Crippen molar-refractivity contribution in [3.05, 3.63) is 18.0 Å². The molecule has 1 N–H and O–H groups in total. The van der Waals surface area contributed by atoms with E-state index in [1.54, 1.807) is 11.0 Å². The lowest BCUT2D eigenvalue weighted by molar-refractivity contribution is -0.137. The summed E-state index contributed by atoms with van der Waals surface area (Å²) in [6, 6.07) is 1.57. The Bertz CT molecular complexity index is 421. The summed E-state index contributed by atoms with van der Waals surface area (Å²) in [6.45, 7) is 1.32. The summed E-state index contributed by atoms with van der Waals surface area (Å²) in [5.41, 5.74) is 0.327.